The average Bonchev–Trinajstić information content (AvgIpc) is 3.25. The van der Waals surface area contributed by atoms with Gasteiger partial charge in [-0.25, -0.2) is 8.42 Å². The molecule has 0 spiro atoms. The first-order valence-corrected chi connectivity index (χ1v) is 12.0. The van der Waals surface area contributed by atoms with Crippen molar-refractivity contribution in [1.82, 2.24) is 0 Å². The van der Waals surface area contributed by atoms with E-state index in [2.05, 4.69) is 5.32 Å². The number of halogens is 1. The van der Waals surface area contributed by atoms with Gasteiger partial charge in [-0.3, -0.25) is 9.10 Å². The quantitative estimate of drug-likeness (QED) is 0.547. The van der Waals surface area contributed by atoms with Crippen molar-refractivity contribution in [2.75, 3.05) is 30.4 Å². The first kappa shape index (κ1) is 22.9. The Bertz CT molecular complexity index is 1340. The van der Waals surface area contributed by atoms with Gasteiger partial charge in [0.2, 0.25) is 0 Å². The summed E-state index contributed by atoms with van der Waals surface area (Å²) in [7, 11) is -0.917. The van der Waals surface area contributed by atoms with Gasteiger partial charge in [-0.15, -0.1) is 0 Å². The van der Waals surface area contributed by atoms with Crippen LogP contribution in [-0.2, 0) is 16.4 Å². The van der Waals surface area contributed by atoms with Gasteiger partial charge in [0.25, 0.3) is 15.9 Å². The van der Waals surface area contributed by atoms with Crippen LogP contribution in [-0.4, -0.2) is 35.1 Å². The summed E-state index contributed by atoms with van der Waals surface area (Å²) in [6.45, 7) is 2.14. The molecule has 1 aliphatic rings. The summed E-state index contributed by atoms with van der Waals surface area (Å²) < 4.78 is 38.8. The van der Waals surface area contributed by atoms with E-state index in [0.29, 0.717) is 35.8 Å². The van der Waals surface area contributed by atoms with E-state index in [1.165, 1.54) is 36.7 Å². The maximum atomic E-state index is 13.4. The van der Waals surface area contributed by atoms with Crippen LogP contribution < -0.4 is 19.1 Å². The molecule has 172 valence electrons. The Morgan fingerprint density at radius 2 is 1.73 bits per heavy atom. The highest BCUT2D eigenvalue weighted by atomic mass is 35.5. The van der Waals surface area contributed by atoms with Crippen LogP contribution in [0.2, 0.25) is 5.02 Å². The first-order valence-electron chi connectivity index (χ1n) is 10.2. The number of para-hydroxylation sites is 1. The number of anilines is 2. The van der Waals surface area contributed by atoms with Crippen LogP contribution in [0.4, 0.5) is 11.4 Å². The third-order valence-electron chi connectivity index (χ3n) is 5.58. The van der Waals surface area contributed by atoms with Crippen LogP contribution >= 0.6 is 11.6 Å². The maximum absolute atomic E-state index is 13.4. The topological polar surface area (TPSA) is 84.9 Å². The van der Waals surface area contributed by atoms with Crippen LogP contribution in [0.1, 0.15) is 21.5 Å². The van der Waals surface area contributed by atoms with Crippen molar-refractivity contribution in [2.24, 2.45) is 0 Å². The number of hydrogen-bond donors (Lipinski definition) is 1. The van der Waals surface area contributed by atoms with Gasteiger partial charge in [-0.05, 0) is 54.8 Å². The SMILES string of the molecule is COc1cc(C)c(NC(=O)c2ccc(Cl)c(S(=O)(=O)N3CCc4ccccc43)c2)cc1OC. The molecule has 9 heteroatoms. The summed E-state index contributed by atoms with van der Waals surface area (Å²) in [5.74, 6) is 0.532. The van der Waals surface area contributed by atoms with E-state index in [0.717, 1.165) is 11.1 Å². The molecule has 0 aromatic heterocycles. The minimum atomic E-state index is -3.95. The number of amides is 1. The molecule has 7 nitrogen and oxygen atoms in total. The number of ether oxygens (including phenoxy) is 2. The lowest BCUT2D eigenvalue weighted by molar-refractivity contribution is 0.102. The Labute approximate surface area is 197 Å². The largest absolute Gasteiger partial charge is 0.493 e. The standard InChI is InChI=1S/C24H23ClN2O5S/c1-15-12-21(31-2)22(32-3)14-19(15)26-24(28)17-8-9-18(25)23(13-17)33(29,30)27-11-10-16-6-4-5-7-20(16)27/h4-9,12-14H,10-11H2,1-3H3,(H,26,28). The van der Waals surface area contributed by atoms with Crippen LogP contribution in [0.3, 0.4) is 0 Å². The number of nitrogens with one attached hydrogen (secondary N) is 1. The zero-order valence-electron chi connectivity index (χ0n) is 18.4. The zero-order valence-corrected chi connectivity index (χ0v) is 20.0. The number of nitrogens with zero attached hydrogens (tertiary/aromatic N) is 1. The molecular weight excluding hydrogens is 464 g/mol. The number of rotatable bonds is 6. The molecule has 1 heterocycles. The van der Waals surface area contributed by atoms with Gasteiger partial charge < -0.3 is 14.8 Å². The second-order valence-electron chi connectivity index (χ2n) is 7.58. The fourth-order valence-corrected chi connectivity index (χ4v) is 5.83. The molecule has 0 radical (unpaired) electrons. The number of carbonyl (C=O) groups is 1. The molecule has 0 aliphatic carbocycles. The van der Waals surface area contributed by atoms with Crippen molar-refractivity contribution < 1.29 is 22.7 Å². The molecule has 0 saturated carbocycles. The Hall–Kier alpha value is -3.23. The third-order valence-corrected chi connectivity index (χ3v) is 7.88. The van der Waals surface area contributed by atoms with Gasteiger partial charge in [0.05, 0.1) is 24.9 Å². The minimum absolute atomic E-state index is 0.0539. The van der Waals surface area contributed by atoms with Gasteiger partial charge in [0.15, 0.2) is 11.5 Å². The summed E-state index contributed by atoms with van der Waals surface area (Å²) in [6.07, 6.45) is 0.617. The highest BCUT2D eigenvalue weighted by Gasteiger charge is 2.32. The van der Waals surface area contributed by atoms with Gasteiger partial charge in [0, 0.05) is 23.9 Å². The lowest BCUT2D eigenvalue weighted by Crippen LogP contribution is -2.29. The number of fused-ring (bicyclic) bond motifs is 1. The fraction of sp³-hybridized carbons (Fsp3) is 0.208. The molecule has 0 fully saturated rings. The molecule has 0 atom stereocenters. The second-order valence-corrected chi connectivity index (χ2v) is 9.82. The maximum Gasteiger partial charge on any atom is 0.265 e. The number of benzene rings is 3. The molecule has 0 bridgehead atoms. The van der Waals surface area contributed by atoms with Crippen LogP contribution in [0.15, 0.2) is 59.5 Å². The summed E-state index contributed by atoms with van der Waals surface area (Å²) in [6, 6.07) is 15.0. The van der Waals surface area contributed by atoms with Crippen LogP contribution in [0, 0.1) is 6.92 Å². The Kier molecular flexibility index (Phi) is 6.23. The van der Waals surface area contributed by atoms with E-state index in [-0.39, 0.29) is 15.5 Å². The number of hydrogen-bond acceptors (Lipinski definition) is 5. The normalized spacial score (nSPS) is 12.9. The van der Waals surface area contributed by atoms with Crippen molar-refractivity contribution >= 4 is 38.9 Å². The summed E-state index contributed by atoms with van der Waals surface area (Å²) >= 11 is 6.28. The van der Waals surface area contributed by atoms with E-state index in [1.54, 1.807) is 24.3 Å². The summed E-state index contributed by atoms with van der Waals surface area (Å²) in [5.41, 5.74) is 3.03. The average molecular weight is 487 g/mol. The summed E-state index contributed by atoms with van der Waals surface area (Å²) in [5, 5.41) is 2.86. The summed E-state index contributed by atoms with van der Waals surface area (Å²) in [4.78, 5) is 12.9. The molecule has 1 aliphatic heterocycles. The van der Waals surface area contributed by atoms with E-state index in [1.807, 2.05) is 19.1 Å². The van der Waals surface area contributed by atoms with Crippen molar-refractivity contribution in [1.29, 1.82) is 0 Å². The van der Waals surface area contributed by atoms with Crippen molar-refractivity contribution in [2.45, 2.75) is 18.2 Å². The van der Waals surface area contributed by atoms with Gasteiger partial charge >= 0.3 is 0 Å². The Morgan fingerprint density at radius 1 is 1.03 bits per heavy atom. The smallest absolute Gasteiger partial charge is 0.265 e. The van der Waals surface area contributed by atoms with Gasteiger partial charge in [-0.1, -0.05) is 29.8 Å². The lowest BCUT2D eigenvalue weighted by Gasteiger charge is -2.20. The molecule has 0 unspecified atom stereocenters. The minimum Gasteiger partial charge on any atom is -0.493 e. The molecule has 0 saturated heterocycles. The molecule has 3 aromatic carbocycles. The zero-order chi connectivity index (χ0) is 23.8. The number of aryl methyl sites for hydroxylation is 1. The predicted octanol–water partition coefficient (Wildman–Crippen LogP) is 4.67. The van der Waals surface area contributed by atoms with Crippen LogP contribution in [0.25, 0.3) is 0 Å². The third kappa shape index (κ3) is 4.24. The fourth-order valence-electron chi connectivity index (χ4n) is 3.83. The van der Waals surface area contributed by atoms with Gasteiger partial charge in [-0.2, -0.15) is 0 Å². The van der Waals surface area contributed by atoms with E-state index in [4.69, 9.17) is 21.1 Å². The molecule has 33 heavy (non-hydrogen) atoms. The highest BCUT2D eigenvalue weighted by molar-refractivity contribution is 7.93. The second kappa shape index (κ2) is 8.96. The molecule has 1 N–H and O–H groups in total. The molecule has 3 aromatic rings. The molecular formula is C24H23ClN2O5S. The van der Waals surface area contributed by atoms with E-state index >= 15 is 0 Å². The Balaban J connectivity index is 1.66. The Morgan fingerprint density at radius 3 is 2.45 bits per heavy atom. The van der Waals surface area contributed by atoms with Crippen molar-refractivity contribution in [3.8, 4) is 11.5 Å². The number of methoxy groups -OCH3 is 2. The molecule has 4 rings (SSSR count). The van der Waals surface area contributed by atoms with E-state index < -0.39 is 15.9 Å². The van der Waals surface area contributed by atoms with Crippen molar-refractivity contribution in [3.05, 3.63) is 76.3 Å². The van der Waals surface area contributed by atoms with E-state index in [9.17, 15) is 13.2 Å². The van der Waals surface area contributed by atoms with Crippen LogP contribution in [0.5, 0.6) is 11.5 Å². The molecule has 1 amide bonds. The predicted molar refractivity (Wildman–Crippen MR) is 128 cm³/mol. The van der Waals surface area contributed by atoms with Gasteiger partial charge in [0.1, 0.15) is 4.90 Å². The highest BCUT2D eigenvalue weighted by Crippen LogP contribution is 2.36. The number of carbonyl (C=O) groups excluding carboxylic acids is 1. The number of sulfonamides is 1. The monoisotopic (exact) mass is 486 g/mol. The lowest BCUT2D eigenvalue weighted by atomic mass is 10.1. The first-order chi connectivity index (χ1) is 15.8. The van der Waals surface area contributed by atoms with Crippen molar-refractivity contribution in [3.63, 3.8) is 0 Å².